The van der Waals surface area contributed by atoms with Crippen molar-refractivity contribution in [3.05, 3.63) is 133 Å². The molecule has 5 aromatic carbocycles. The number of amides is 2. The summed E-state index contributed by atoms with van der Waals surface area (Å²) in [7, 11) is -0.268. The van der Waals surface area contributed by atoms with E-state index in [-0.39, 0.29) is 10.9 Å². The van der Waals surface area contributed by atoms with E-state index in [1.807, 2.05) is 54.6 Å². The maximum atomic E-state index is 13.5. The number of carbonyl (C=O) groups excluding carboxylic acids is 2. The fourth-order valence-electron chi connectivity index (χ4n) is 5.00. The van der Waals surface area contributed by atoms with E-state index in [4.69, 9.17) is 9.47 Å². The zero-order valence-corrected chi connectivity index (χ0v) is 24.2. The highest BCUT2D eigenvalue weighted by molar-refractivity contribution is 8.04. The minimum Gasteiger partial charge on any atom is -0.457 e. The molecule has 0 aromatic heterocycles. The van der Waals surface area contributed by atoms with Crippen LogP contribution in [0.1, 0.15) is 12.5 Å². The van der Waals surface area contributed by atoms with Crippen LogP contribution in [0.2, 0.25) is 0 Å². The number of hydrogen-bond acceptors (Lipinski definition) is 6. The van der Waals surface area contributed by atoms with E-state index in [1.54, 1.807) is 43.0 Å². The number of imide groups is 1. The standard InChI is InChI=1S/C34H25N2O4S2/c1-34(23-15-19-26(20-16-23)39-25-9-3-2-4-10-25)32(37)36(33(38)40-34)35-24-17-21-27(22-18-24)42-30-13-7-5-11-28(30)41-29-12-6-8-14-31(29)42/h2-22,35H,1H3/q+1. The molecule has 2 aliphatic heterocycles. The number of fused-ring (bicyclic) bond motifs is 2. The van der Waals surface area contributed by atoms with Gasteiger partial charge in [0.25, 0.3) is 5.91 Å². The maximum absolute atomic E-state index is 13.5. The first-order valence-electron chi connectivity index (χ1n) is 13.4. The molecule has 7 rings (SSSR count). The average molecular weight is 590 g/mol. The van der Waals surface area contributed by atoms with Crippen LogP contribution < -0.4 is 10.2 Å². The maximum Gasteiger partial charge on any atom is 0.437 e. The normalized spacial score (nSPS) is 17.8. The van der Waals surface area contributed by atoms with Crippen molar-refractivity contribution in [1.29, 1.82) is 0 Å². The van der Waals surface area contributed by atoms with E-state index >= 15 is 0 Å². The van der Waals surface area contributed by atoms with Crippen LogP contribution in [-0.4, -0.2) is 17.0 Å². The molecule has 0 spiro atoms. The van der Waals surface area contributed by atoms with Crippen molar-refractivity contribution in [3.8, 4) is 11.5 Å². The monoisotopic (exact) mass is 589 g/mol. The lowest BCUT2D eigenvalue weighted by Crippen LogP contribution is -2.40. The van der Waals surface area contributed by atoms with E-state index in [2.05, 4.69) is 54.0 Å². The minimum absolute atomic E-state index is 0.268. The number of cyclic esters (lactones) is 1. The van der Waals surface area contributed by atoms with Crippen LogP contribution in [0, 0.1) is 0 Å². The van der Waals surface area contributed by atoms with Gasteiger partial charge in [0.15, 0.2) is 14.7 Å². The Kier molecular flexibility index (Phi) is 6.64. The van der Waals surface area contributed by atoms with Gasteiger partial charge in [-0.3, -0.25) is 10.2 Å². The molecule has 1 N–H and O–H groups in total. The average Bonchev–Trinajstić information content (AvgIpc) is 3.24. The summed E-state index contributed by atoms with van der Waals surface area (Å²) in [5.74, 6) is 0.822. The lowest BCUT2D eigenvalue weighted by molar-refractivity contribution is -0.135. The van der Waals surface area contributed by atoms with Crippen LogP contribution in [-0.2, 0) is 26.0 Å². The smallest absolute Gasteiger partial charge is 0.437 e. The SMILES string of the molecule is CC1(c2ccc(Oc3ccccc3)cc2)OC(=O)N(Nc2ccc([S+]3c4ccccc4Sc4ccccc43)cc2)C1=O. The van der Waals surface area contributed by atoms with Gasteiger partial charge < -0.3 is 9.47 Å². The molecule has 2 aliphatic rings. The Bertz CT molecular complexity index is 1750. The zero-order chi connectivity index (χ0) is 28.7. The number of hydrazine groups is 1. The number of carbonyl (C=O) groups is 2. The van der Waals surface area contributed by atoms with Crippen molar-refractivity contribution < 1.29 is 19.1 Å². The third kappa shape index (κ3) is 4.68. The number of benzene rings is 5. The lowest BCUT2D eigenvalue weighted by Gasteiger charge is -2.21. The molecule has 0 bridgehead atoms. The first kappa shape index (κ1) is 26.3. The summed E-state index contributed by atoms with van der Waals surface area (Å²) < 4.78 is 11.5. The number of ether oxygens (including phenoxy) is 2. The van der Waals surface area contributed by atoms with Crippen LogP contribution in [0.3, 0.4) is 0 Å². The van der Waals surface area contributed by atoms with Gasteiger partial charge >= 0.3 is 6.09 Å². The summed E-state index contributed by atoms with van der Waals surface area (Å²) in [6.45, 7) is 1.60. The number of rotatable bonds is 6. The molecule has 8 heteroatoms. The van der Waals surface area contributed by atoms with Gasteiger partial charge in [0.05, 0.1) is 15.5 Å². The fraction of sp³-hybridized carbons (Fsp3) is 0.0588. The summed E-state index contributed by atoms with van der Waals surface area (Å²) in [5, 5.41) is 0.938. The van der Waals surface area contributed by atoms with E-state index in [0.717, 1.165) is 9.90 Å². The van der Waals surface area contributed by atoms with Gasteiger partial charge in [0.2, 0.25) is 5.60 Å². The van der Waals surface area contributed by atoms with Crippen molar-refractivity contribution in [2.75, 3.05) is 5.43 Å². The highest BCUT2D eigenvalue weighted by Gasteiger charge is 2.52. The van der Waals surface area contributed by atoms with Crippen LogP contribution in [0.4, 0.5) is 10.5 Å². The molecule has 0 aliphatic carbocycles. The van der Waals surface area contributed by atoms with E-state index in [9.17, 15) is 9.59 Å². The quantitative estimate of drug-likeness (QED) is 0.197. The van der Waals surface area contributed by atoms with E-state index in [1.165, 1.54) is 19.6 Å². The Morgan fingerprint density at radius 2 is 1.29 bits per heavy atom. The molecule has 0 saturated carbocycles. The van der Waals surface area contributed by atoms with Crippen molar-refractivity contribution in [2.45, 2.75) is 37.0 Å². The van der Waals surface area contributed by atoms with Gasteiger partial charge in [-0.2, -0.15) is 0 Å². The van der Waals surface area contributed by atoms with Crippen LogP contribution in [0.5, 0.6) is 11.5 Å². The molecular formula is C34H25N2O4S2+. The lowest BCUT2D eigenvalue weighted by atomic mass is 9.95. The molecule has 42 heavy (non-hydrogen) atoms. The van der Waals surface area contributed by atoms with Crippen LogP contribution in [0.25, 0.3) is 0 Å². The van der Waals surface area contributed by atoms with Crippen molar-refractivity contribution in [2.24, 2.45) is 0 Å². The minimum atomic E-state index is -1.47. The molecule has 1 atom stereocenters. The van der Waals surface area contributed by atoms with Crippen molar-refractivity contribution in [1.82, 2.24) is 5.01 Å². The largest absolute Gasteiger partial charge is 0.457 e. The summed E-state index contributed by atoms with van der Waals surface area (Å²) in [6.07, 6.45) is -0.759. The Morgan fingerprint density at radius 3 is 1.93 bits per heavy atom. The van der Waals surface area contributed by atoms with E-state index < -0.39 is 17.6 Å². The van der Waals surface area contributed by atoms with Crippen molar-refractivity contribution >= 4 is 40.3 Å². The predicted molar refractivity (Wildman–Crippen MR) is 163 cm³/mol. The second-order valence-corrected chi connectivity index (χ2v) is 13.0. The summed E-state index contributed by atoms with van der Waals surface area (Å²) in [4.78, 5) is 32.6. The molecule has 5 aromatic rings. The summed E-state index contributed by atoms with van der Waals surface area (Å²) >= 11 is 1.80. The molecule has 206 valence electrons. The van der Waals surface area contributed by atoms with E-state index in [0.29, 0.717) is 22.7 Å². The Hall–Kier alpha value is -4.66. The molecule has 0 radical (unpaired) electrons. The van der Waals surface area contributed by atoms with Crippen LogP contribution >= 0.6 is 11.8 Å². The topological polar surface area (TPSA) is 67.9 Å². The Morgan fingerprint density at radius 1 is 0.714 bits per heavy atom. The molecule has 1 saturated heterocycles. The van der Waals surface area contributed by atoms with Crippen LogP contribution in [0.15, 0.2) is 152 Å². The van der Waals surface area contributed by atoms with Gasteiger partial charge in [-0.25, -0.2) is 4.79 Å². The predicted octanol–water partition coefficient (Wildman–Crippen LogP) is 8.26. The Balaban J connectivity index is 1.10. The molecule has 2 heterocycles. The number of hydrogen-bond donors (Lipinski definition) is 1. The van der Waals surface area contributed by atoms with Gasteiger partial charge in [0.1, 0.15) is 22.4 Å². The first-order valence-corrected chi connectivity index (χ1v) is 15.4. The number of para-hydroxylation sites is 1. The van der Waals surface area contributed by atoms with Gasteiger partial charge in [-0.05, 0) is 79.7 Å². The number of anilines is 1. The Labute approximate surface area is 250 Å². The molecule has 6 nitrogen and oxygen atoms in total. The van der Waals surface area contributed by atoms with Gasteiger partial charge in [-0.1, -0.05) is 66.4 Å². The zero-order valence-electron chi connectivity index (χ0n) is 22.5. The number of nitrogens with one attached hydrogen (secondary N) is 1. The van der Waals surface area contributed by atoms with Gasteiger partial charge in [0, 0.05) is 5.56 Å². The van der Waals surface area contributed by atoms with Crippen molar-refractivity contribution in [3.63, 3.8) is 0 Å². The second kappa shape index (κ2) is 10.6. The first-order chi connectivity index (χ1) is 20.5. The third-order valence-corrected chi connectivity index (χ3v) is 10.9. The third-order valence-electron chi connectivity index (χ3n) is 7.16. The second-order valence-electron chi connectivity index (χ2n) is 9.92. The fourth-order valence-corrected chi connectivity index (χ4v) is 8.73. The van der Waals surface area contributed by atoms with Gasteiger partial charge in [-0.15, -0.1) is 5.01 Å². The summed E-state index contributed by atoms with van der Waals surface area (Å²) in [6, 6.07) is 41.3. The number of nitrogens with zero attached hydrogens (tertiary/aromatic N) is 1. The summed E-state index contributed by atoms with van der Waals surface area (Å²) in [5.41, 5.74) is 2.65. The molecule has 1 unspecified atom stereocenters. The molecule has 1 fully saturated rings. The molecular weight excluding hydrogens is 565 g/mol. The molecule has 2 amide bonds. The highest BCUT2D eigenvalue weighted by Crippen LogP contribution is 2.48. The highest BCUT2D eigenvalue weighted by atomic mass is 32.2.